The fourth-order valence-corrected chi connectivity index (χ4v) is 2.72. The summed E-state index contributed by atoms with van der Waals surface area (Å²) in [6.07, 6.45) is 4.35. The molecule has 1 saturated carbocycles. The zero-order valence-electron chi connectivity index (χ0n) is 11.3. The van der Waals surface area contributed by atoms with Crippen molar-refractivity contribution in [3.05, 3.63) is 42.0 Å². The van der Waals surface area contributed by atoms with Gasteiger partial charge in [0.15, 0.2) is 0 Å². The first-order chi connectivity index (χ1) is 9.10. The molecule has 3 nitrogen and oxygen atoms in total. The molecule has 0 aliphatic heterocycles. The summed E-state index contributed by atoms with van der Waals surface area (Å²) in [5, 5.41) is 29.8. The van der Waals surface area contributed by atoms with Crippen LogP contribution in [0.4, 0.5) is 0 Å². The van der Waals surface area contributed by atoms with Crippen LogP contribution in [0.5, 0.6) is 0 Å². The summed E-state index contributed by atoms with van der Waals surface area (Å²) < 4.78 is 0. The van der Waals surface area contributed by atoms with E-state index in [0.29, 0.717) is 32.1 Å². The normalized spacial score (nSPS) is 25.6. The number of aliphatic hydroxyl groups excluding tert-OH is 2. The van der Waals surface area contributed by atoms with E-state index in [4.69, 9.17) is 0 Å². The number of rotatable bonds is 6. The van der Waals surface area contributed by atoms with Crippen LogP contribution in [0, 0.1) is 6.10 Å². The SMILES string of the molecule is O[C]1CCCC1(O)CC[C@H](O)CCc1ccccc1. The molecule has 0 aromatic heterocycles. The Morgan fingerprint density at radius 3 is 2.53 bits per heavy atom. The van der Waals surface area contributed by atoms with Crippen LogP contribution in [0.25, 0.3) is 0 Å². The standard InChI is InChI=1S/C16H23O3/c17-14(9-8-13-5-2-1-3-6-13)10-12-16(19)11-4-7-15(16)18/h1-3,5-6,14,17-19H,4,7-12H2/t14-,16?/m1/s1. The minimum atomic E-state index is -1.05. The number of hydrogen-bond acceptors (Lipinski definition) is 3. The van der Waals surface area contributed by atoms with Crippen molar-refractivity contribution >= 4 is 0 Å². The maximum absolute atomic E-state index is 10.2. The molecule has 2 rings (SSSR count). The third-order valence-electron chi connectivity index (χ3n) is 4.04. The van der Waals surface area contributed by atoms with E-state index in [0.717, 1.165) is 12.8 Å². The van der Waals surface area contributed by atoms with E-state index in [2.05, 4.69) is 12.1 Å². The van der Waals surface area contributed by atoms with Crippen LogP contribution in [-0.2, 0) is 6.42 Å². The zero-order valence-corrected chi connectivity index (χ0v) is 11.3. The molecule has 1 unspecified atom stereocenters. The number of hydrogen-bond donors (Lipinski definition) is 3. The fraction of sp³-hybridized carbons (Fsp3) is 0.562. The summed E-state index contributed by atoms with van der Waals surface area (Å²) in [5.41, 5.74) is 0.170. The third-order valence-corrected chi connectivity index (χ3v) is 4.04. The van der Waals surface area contributed by atoms with Crippen molar-refractivity contribution in [2.75, 3.05) is 0 Å². The lowest BCUT2D eigenvalue weighted by Gasteiger charge is -2.26. The van der Waals surface area contributed by atoms with Gasteiger partial charge in [0.05, 0.1) is 11.7 Å². The number of benzene rings is 1. The van der Waals surface area contributed by atoms with Gasteiger partial charge in [0.25, 0.3) is 0 Å². The van der Waals surface area contributed by atoms with Crippen LogP contribution in [0.15, 0.2) is 30.3 Å². The van der Waals surface area contributed by atoms with E-state index in [9.17, 15) is 15.3 Å². The van der Waals surface area contributed by atoms with Crippen LogP contribution in [0.1, 0.15) is 44.1 Å². The van der Waals surface area contributed by atoms with E-state index in [1.807, 2.05) is 18.2 Å². The topological polar surface area (TPSA) is 60.7 Å². The van der Waals surface area contributed by atoms with Crippen LogP contribution >= 0.6 is 0 Å². The van der Waals surface area contributed by atoms with Crippen LogP contribution in [0.3, 0.4) is 0 Å². The van der Waals surface area contributed by atoms with Gasteiger partial charge in [-0.2, -0.15) is 0 Å². The molecule has 2 atom stereocenters. The first-order valence-electron chi connectivity index (χ1n) is 7.10. The first kappa shape index (κ1) is 14.5. The van der Waals surface area contributed by atoms with E-state index in [1.54, 1.807) is 0 Å². The second kappa shape index (κ2) is 6.51. The largest absolute Gasteiger partial charge is 0.393 e. The number of aryl methyl sites for hydroxylation is 1. The molecule has 3 N–H and O–H groups in total. The summed E-state index contributed by atoms with van der Waals surface area (Å²) in [6, 6.07) is 10.1. The summed E-state index contributed by atoms with van der Waals surface area (Å²) in [4.78, 5) is 0. The smallest absolute Gasteiger partial charge is 0.125 e. The van der Waals surface area contributed by atoms with E-state index in [-0.39, 0.29) is 6.10 Å². The maximum atomic E-state index is 10.2. The van der Waals surface area contributed by atoms with E-state index < -0.39 is 11.7 Å². The predicted octanol–water partition coefficient (Wildman–Crippen LogP) is 2.58. The van der Waals surface area contributed by atoms with Gasteiger partial charge in [-0.1, -0.05) is 30.3 Å². The molecule has 0 amide bonds. The summed E-state index contributed by atoms with van der Waals surface area (Å²) in [5.74, 6) is 0. The predicted molar refractivity (Wildman–Crippen MR) is 74.0 cm³/mol. The minimum absolute atomic E-state index is 0.197. The van der Waals surface area contributed by atoms with Gasteiger partial charge in [-0.05, 0) is 50.5 Å². The molecule has 0 saturated heterocycles. The highest BCUT2D eigenvalue weighted by Crippen LogP contribution is 2.39. The molecule has 1 aromatic rings. The lowest BCUT2D eigenvalue weighted by atomic mass is 9.91. The Balaban J connectivity index is 1.71. The average molecular weight is 263 g/mol. The van der Waals surface area contributed by atoms with Crippen molar-refractivity contribution in [2.45, 2.75) is 56.7 Å². The van der Waals surface area contributed by atoms with Crippen molar-refractivity contribution in [3.8, 4) is 0 Å². The monoisotopic (exact) mass is 263 g/mol. The Bertz CT molecular complexity index is 379. The Morgan fingerprint density at radius 2 is 1.89 bits per heavy atom. The van der Waals surface area contributed by atoms with Crippen molar-refractivity contribution in [1.82, 2.24) is 0 Å². The van der Waals surface area contributed by atoms with Gasteiger partial charge in [0.2, 0.25) is 0 Å². The molecule has 0 bridgehead atoms. The quantitative estimate of drug-likeness (QED) is 0.739. The molecular formula is C16H23O3. The molecule has 105 valence electrons. The van der Waals surface area contributed by atoms with Gasteiger partial charge in [0, 0.05) is 0 Å². The van der Waals surface area contributed by atoms with Crippen molar-refractivity contribution in [2.24, 2.45) is 0 Å². The highest BCUT2D eigenvalue weighted by Gasteiger charge is 2.40. The Hall–Kier alpha value is -0.900. The van der Waals surface area contributed by atoms with Crippen molar-refractivity contribution in [3.63, 3.8) is 0 Å². The van der Waals surface area contributed by atoms with Crippen molar-refractivity contribution < 1.29 is 15.3 Å². The molecule has 19 heavy (non-hydrogen) atoms. The molecule has 1 aliphatic rings. The van der Waals surface area contributed by atoms with E-state index in [1.165, 1.54) is 5.56 Å². The highest BCUT2D eigenvalue weighted by atomic mass is 16.3. The van der Waals surface area contributed by atoms with Gasteiger partial charge in [-0.25, -0.2) is 0 Å². The van der Waals surface area contributed by atoms with Crippen LogP contribution < -0.4 is 0 Å². The van der Waals surface area contributed by atoms with Gasteiger partial charge < -0.3 is 15.3 Å². The second-order valence-corrected chi connectivity index (χ2v) is 5.55. The Morgan fingerprint density at radius 1 is 1.16 bits per heavy atom. The molecule has 1 radical (unpaired) electrons. The molecule has 1 fully saturated rings. The molecule has 1 aromatic carbocycles. The maximum Gasteiger partial charge on any atom is 0.125 e. The van der Waals surface area contributed by atoms with Gasteiger partial charge in [0.1, 0.15) is 6.10 Å². The third kappa shape index (κ3) is 4.03. The van der Waals surface area contributed by atoms with Gasteiger partial charge in [-0.15, -0.1) is 0 Å². The Labute approximate surface area is 114 Å². The molecule has 1 aliphatic carbocycles. The van der Waals surface area contributed by atoms with Gasteiger partial charge in [-0.3, -0.25) is 0 Å². The minimum Gasteiger partial charge on any atom is -0.393 e. The molecule has 0 spiro atoms. The molecule has 0 heterocycles. The lowest BCUT2D eigenvalue weighted by molar-refractivity contribution is -0.0114. The lowest BCUT2D eigenvalue weighted by Crippen LogP contribution is -2.32. The summed E-state index contributed by atoms with van der Waals surface area (Å²) in [7, 11) is 0. The van der Waals surface area contributed by atoms with Crippen LogP contribution in [0.2, 0.25) is 0 Å². The average Bonchev–Trinajstić information content (AvgIpc) is 2.76. The highest BCUT2D eigenvalue weighted by molar-refractivity contribution is 5.14. The number of aliphatic hydroxyl groups is 3. The zero-order chi connectivity index (χ0) is 13.7. The van der Waals surface area contributed by atoms with E-state index >= 15 is 0 Å². The molecular weight excluding hydrogens is 240 g/mol. The van der Waals surface area contributed by atoms with Gasteiger partial charge >= 0.3 is 0 Å². The summed E-state index contributed by atoms with van der Waals surface area (Å²) in [6.45, 7) is 0. The van der Waals surface area contributed by atoms with Crippen molar-refractivity contribution in [1.29, 1.82) is 0 Å². The van der Waals surface area contributed by atoms with Crippen LogP contribution in [-0.4, -0.2) is 27.0 Å². The Kier molecular flexibility index (Phi) is 4.97. The fourth-order valence-electron chi connectivity index (χ4n) is 2.72. The summed E-state index contributed by atoms with van der Waals surface area (Å²) >= 11 is 0. The second-order valence-electron chi connectivity index (χ2n) is 5.55. The first-order valence-corrected chi connectivity index (χ1v) is 7.10. The molecule has 3 heteroatoms.